The number of hydrogen-bond donors (Lipinski definition) is 1. The molecule has 0 heterocycles. The molecule has 1 N–H and O–H groups in total. The average Bonchev–Trinajstić information content (AvgIpc) is 2.37. The number of rotatable bonds is 8. The molecule has 0 aromatic heterocycles. The maximum atomic E-state index is 11.8. The molecule has 0 atom stereocenters. The lowest BCUT2D eigenvalue weighted by atomic mass is 10.1. The summed E-state index contributed by atoms with van der Waals surface area (Å²) in [6, 6.07) is 6.14. The molecular formula is C16H26N2O2. The van der Waals surface area contributed by atoms with Gasteiger partial charge in [0.2, 0.25) is 5.91 Å². The Kier molecular flexibility index (Phi) is 7.09. The van der Waals surface area contributed by atoms with Gasteiger partial charge in [-0.25, -0.2) is 0 Å². The predicted octanol–water partition coefficient (Wildman–Crippen LogP) is 2.14. The molecule has 0 bridgehead atoms. The molecule has 0 aliphatic carbocycles. The molecule has 4 heteroatoms. The van der Waals surface area contributed by atoms with Crippen LogP contribution in [0.1, 0.15) is 24.5 Å². The molecule has 0 aliphatic rings. The van der Waals surface area contributed by atoms with Crippen LogP contribution in [0.3, 0.4) is 0 Å². The van der Waals surface area contributed by atoms with E-state index in [0.717, 1.165) is 18.8 Å². The number of likely N-dealkylation sites (N-methyl/N-ethyl adjacent to an activating group) is 1. The van der Waals surface area contributed by atoms with Gasteiger partial charge in [0.25, 0.3) is 0 Å². The van der Waals surface area contributed by atoms with E-state index in [-0.39, 0.29) is 5.91 Å². The topological polar surface area (TPSA) is 41.6 Å². The number of ether oxygens (including phenoxy) is 1. The molecule has 1 aromatic rings. The summed E-state index contributed by atoms with van der Waals surface area (Å²) in [6.07, 6.45) is 0.536. The first kappa shape index (κ1) is 16.5. The van der Waals surface area contributed by atoms with Gasteiger partial charge in [-0.2, -0.15) is 0 Å². The maximum Gasteiger partial charge on any atom is 0.223 e. The molecule has 0 radical (unpaired) electrons. The van der Waals surface area contributed by atoms with Gasteiger partial charge in [0.05, 0.1) is 6.54 Å². The first-order valence-electron chi connectivity index (χ1n) is 7.18. The number of carbonyl (C=O) groups excluding carboxylic acids is 1. The standard InChI is InChI=1S/C16H26N2O2/c1-5-17-7-6-16(19)18(4)8-9-20-15-11-13(2)10-14(3)12-15/h10-12,17H,5-9H2,1-4H3. The first-order chi connectivity index (χ1) is 9.52. The number of nitrogens with one attached hydrogen (secondary N) is 1. The first-order valence-corrected chi connectivity index (χ1v) is 7.18. The predicted molar refractivity (Wildman–Crippen MR) is 82.2 cm³/mol. The molecule has 4 nitrogen and oxygen atoms in total. The number of amides is 1. The Morgan fingerprint density at radius 3 is 2.50 bits per heavy atom. The second-order valence-electron chi connectivity index (χ2n) is 5.09. The lowest BCUT2D eigenvalue weighted by Crippen LogP contribution is -2.33. The Hall–Kier alpha value is -1.55. The minimum Gasteiger partial charge on any atom is -0.492 e. The van der Waals surface area contributed by atoms with E-state index in [0.29, 0.717) is 19.6 Å². The summed E-state index contributed by atoms with van der Waals surface area (Å²) in [6.45, 7) is 8.90. The molecule has 0 aliphatic heterocycles. The Labute approximate surface area is 122 Å². The van der Waals surface area contributed by atoms with E-state index >= 15 is 0 Å². The van der Waals surface area contributed by atoms with Crippen molar-refractivity contribution in [1.82, 2.24) is 10.2 Å². The minimum atomic E-state index is 0.148. The van der Waals surface area contributed by atoms with E-state index in [1.165, 1.54) is 11.1 Å². The van der Waals surface area contributed by atoms with Crippen LogP contribution in [0.4, 0.5) is 0 Å². The Morgan fingerprint density at radius 2 is 1.90 bits per heavy atom. The zero-order valence-corrected chi connectivity index (χ0v) is 13.0. The fourth-order valence-corrected chi connectivity index (χ4v) is 2.00. The van der Waals surface area contributed by atoms with Crippen molar-refractivity contribution >= 4 is 5.91 Å². The second kappa shape index (κ2) is 8.59. The highest BCUT2D eigenvalue weighted by molar-refractivity contribution is 5.76. The molecule has 0 saturated carbocycles. The van der Waals surface area contributed by atoms with E-state index in [1.807, 2.05) is 26.1 Å². The van der Waals surface area contributed by atoms with Gasteiger partial charge in [-0.05, 0) is 43.7 Å². The third-order valence-electron chi connectivity index (χ3n) is 3.08. The lowest BCUT2D eigenvalue weighted by Gasteiger charge is -2.18. The Bertz CT molecular complexity index is 412. The summed E-state index contributed by atoms with van der Waals surface area (Å²) in [7, 11) is 1.82. The van der Waals surface area contributed by atoms with Gasteiger partial charge in [0, 0.05) is 20.0 Å². The number of benzene rings is 1. The van der Waals surface area contributed by atoms with Gasteiger partial charge in [0.1, 0.15) is 12.4 Å². The Balaban J connectivity index is 2.30. The van der Waals surface area contributed by atoms with Crippen molar-refractivity contribution in [3.8, 4) is 5.75 Å². The molecule has 0 fully saturated rings. The van der Waals surface area contributed by atoms with Crippen LogP contribution in [-0.4, -0.2) is 44.1 Å². The largest absolute Gasteiger partial charge is 0.492 e. The maximum absolute atomic E-state index is 11.8. The van der Waals surface area contributed by atoms with Gasteiger partial charge in [-0.15, -0.1) is 0 Å². The molecule has 20 heavy (non-hydrogen) atoms. The molecule has 112 valence electrons. The minimum absolute atomic E-state index is 0.148. The summed E-state index contributed by atoms with van der Waals surface area (Å²) >= 11 is 0. The summed E-state index contributed by atoms with van der Waals surface area (Å²) in [5.74, 6) is 1.02. The highest BCUT2D eigenvalue weighted by Gasteiger charge is 2.08. The Morgan fingerprint density at radius 1 is 1.25 bits per heavy atom. The summed E-state index contributed by atoms with van der Waals surface area (Å²) in [5, 5.41) is 3.15. The number of carbonyl (C=O) groups is 1. The second-order valence-corrected chi connectivity index (χ2v) is 5.09. The van der Waals surface area contributed by atoms with Gasteiger partial charge in [-0.3, -0.25) is 4.79 Å². The third kappa shape index (κ3) is 6.06. The SMILES string of the molecule is CCNCCC(=O)N(C)CCOc1cc(C)cc(C)c1. The van der Waals surface area contributed by atoms with Crippen molar-refractivity contribution in [2.24, 2.45) is 0 Å². The third-order valence-corrected chi connectivity index (χ3v) is 3.08. The van der Waals surface area contributed by atoms with Gasteiger partial charge >= 0.3 is 0 Å². The van der Waals surface area contributed by atoms with Crippen LogP contribution in [0.25, 0.3) is 0 Å². The van der Waals surface area contributed by atoms with Crippen LogP contribution < -0.4 is 10.1 Å². The van der Waals surface area contributed by atoms with E-state index < -0.39 is 0 Å². The molecule has 1 rings (SSSR count). The lowest BCUT2D eigenvalue weighted by molar-refractivity contribution is -0.130. The highest BCUT2D eigenvalue weighted by atomic mass is 16.5. The fraction of sp³-hybridized carbons (Fsp3) is 0.562. The van der Waals surface area contributed by atoms with Crippen molar-refractivity contribution in [3.63, 3.8) is 0 Å². The molecule has 0 saturated heterocycles. The van der Waals surface area contributed by atoms with Gasteiger partial charge in [0.15, 0.2) is 0 Å². The van der Waals surface area contributed by atoms with E-state index in [9.17, 15) is 4.79 Å². The van der Waals surface area contributed by atoms with Crippen LogP contribution in [0.2, 0.25) is 0 Å². The van der Waals surface area contributed by atoms with Crippen molar-refractivity contribution in [1.29, 1.82) is 0 Å². The fourth-order valence-electron chi connectivity index (χ4n) is 2.00. The normalized spacial score (nSPS) is 10.4. The summed E-state index contributed by atoms with van der Waals surface area (Å²) in [5.41, 5.74) is 2.38. The van der Waals surface area contributed by atoms with Crippen LogP contribution in [0.15, 0.2) is 18.2 Å². The van der Waals surface area contributed by atoms with Gasteiger partial charge in [-0.1, -0.05) is 13.0 Å². The number of hydrogen-bond acceptors (Lipinski definition) is 3. The highest BCUT2D eigenvalue weighted by Crippen LogP contribution is 2.15. The van der Waals surface area contributed by atoms with Gasteiger partial charge < -0.3 is 15.0 Å². The molecule has 1 amide bonds. The average molecular weight is 278 g/mol. The quantitative estimate of drug-likeness (QED) is 0.741. The zero-order valence-electron chi connectivity index (χ0n) is 13.0. The van der Waals surface area contributed by atoms with Crippen LogP contribution >= 0.6 is 0 Å². The zero-order chi connectivity index (χ0) is 15.0. The van der Waals surface area contributed by atoms with Crippen LogP contribution in [-0.2, 0) is 4.79 Å². The van der Waals surface area contributed by atoms with E-state index in [4.69, 9.17) is 4.74 Å². The molecule has 0 spiro atoms. The van der Waals surface area contributed by atoms with Crippen LogP contribution in [0.5, 0.6) is 5.75 Å². The molecule has 1 aromatic carbocycles. The smallest absolute Gasteiger partial charge is 0.223 e. The van der Waals surface area contributed by atoms with Crippen molar-refractivity contribution < 1.29 is 9.53 Å². The van der Waals surface area contributed by atoms with E-state index in [2.05, 4.69) is 25.2 Å². The summed E-state index contributed by atoms with van der Waals surface area (Å²) < 4.78 is 5.70. The van der Waals surface area contributed by atoms with Crippen molar-refractivity contribution in [2.75, 3.05) is 33.3 Å². The molecule has 0 unspecified atom stereocenters. The monoisotopic (exact) mass is 278 g/mol. The van der Waals surface area contributed by atoms with Crippen molar-refractivity contribution in [3.05, 3.63) is 29.3 Å². The summed E-state index contributed by atoms with van der Waals surface area (Å²) in [4.78, 5) is 13.5. The number of aryl methyl sites for hydroxylation is 2. The van der Waals surface area contributed by atoms with Crippen molar-refractivity contribution in [2.45, 2.75) is 27.2 Å². The number of nitrogens with zero attached hydrogens (tertiary/aromatic N) is 1. The molecular weight excluding hydrogens is 252 g/mol. The van der Waals surface area contributed by atoms with Crippen LogP contribution in [0, 0.1) is 13.8 Å². The van der Waals surface area contributed by atoms with E-state index in [1.54, 1.807) is 4.90 Å².